The van der Waals surface area contributed by atoms with Gasteiger partial charge in [-0.3, -0.25) is 0 Å². The molecular formula is C26H24O6. The zero-order valence-electron chi connectivity index (χ0n) is 17.8. The highest BCUT2D eigenvalue weighted by Gasteiger charge is 2.23. The fourth-order valence-electron chi connectivity index (χ4n) is 4.15. The molecule has 0 N–H and O–H groups in total. The van der Waals surface area contributed by atoms with Gasteiger partial charge in [0.15, 0.2) is 0 Å². The van der Waals surface area contributed by atoms with Gasteiger partial charge >= 0.3 is 5.63 Å². The molecule has 1 aliphatic rings. The van der Waals surface area contributed by atoms with E-state index in [1.807, 2.05) is 30.3 Å². The molecule has 1 fully saturated rings. The molecule has 5 rings (SSSR count). The van der Waals surface area contributed by atoms with E-state index >= 15 is 0 Å². The Balaban J connectivity index is 1.34. The number of hydrogen-bond acceptors (Lipinski definition) is 6. The Labute approximate surface area is 185 Å². The zero-order chi connectivity index (χ0) is 21.9. The summed E-state index contributed by atoms with van der Waals surface area (Å²) in [7, 11) is 1.75. The highest BCUT2D eigenvalue weighted by molar-refractivity contribution is 5.93. The lowest BCUT2D eigenvalue weighted by Gasteiger charge is -2.29. The molecule has 0 amide bonds. The summed E-state index contributed by atoms with van der Waals surface area (Å²) in [4.78, 5) is 12.1. The molecule has 0 radical (unpaired) electrons. The maximum Gasteiger partial charge on any atom is 0.336 e. The van der Waals surface area contributed by atoms with Crippen molar-refractivity contribution >= 4 is 11.0 Å². The number of hydrogen-bond donors (Lipinski definition) is 0. The van der Waals surface area contributed by atoms with Gasteiger partial charge in [0.1, 0.15) is 17.9 Å². The lowest BCUT2D eigenvalue weighted by atomic mass is 9.98. The van der Waals surface area contributed by atoms with Crippen molar-refractivity contribution in [3.05, 3.63) is 88.7 Å². The summed E-state index contributed by atoms with van der Waals surface area (Å²) in [5.74, 6) is 0.628. The van der Waals surface area contributed by atoms with Crippen LogP contribution >= 0.6 is 0 Å². The first-order valence-electron chi connectivity index (χ1n) is 10.7. The molecule has 0 saturated carbocycles. The van der Waals surface area contributed by atoms with Crippen molar-refractivity contribution in [2.45, 2.75) is 31.7 Å². The summed E-state index contributed by atoms with van der Waals surface area (Å²) in [5.41, 5.74) is 3.82. The first-order valence-corrected chi connectivity index (χ1v) is 10.7. The Kier molecular flexibility index (Phi) is 5.79. The minimum atomic E-state index is -0.416. The van der Waals surface area contributed by atoms with Crippen molar-refractivity contribution in [3.63, 3.8) is 0 Å². The lowest BCUT2D eigenvalue weighted by molar-refractivity contribution is -0.0599. The van der Waals surface area contributed by atoms with Crippen LogP contribution in [-0.4, -0.2) is 19.8 Å². The van der Waals surface area contributed by atoms with Gasteiger partial charge in [-0.25, -0.2) is 4.79 Å². The summed E-state index contributed by atoms with van der Waals surface area (Å²) in [6, 6.07) is 17.0. The summed E-state index contributed by atoms with van der Waals surface area (Å²) >= 11 is 0. The number of fused-ring (bicyclic) bond motifs is 1. The van der Waals surface area contributed by atoms with Gasteiger partial charge in [-0.15, -0.1) is 0 Å². The maximum atomic E-state index is 12.1. The van der Waals surface area contributed by atoms with Crippen molar-refractivity contribution in [2.75, 3.05) is 13.7 Å². The van der Waals surface area contributed by atoms with Gasteiger partial charge in [-0.1, -0.05) is 18.2 Å². The number of furan rings is 1. The molecule has 6 heteroatoms. The molecule has 0 spiro atoms. The van der Waals surface area contributed by atoms with Crippen LogP contribution in [0.15, 0.2) is 80.8 Å². The summed E-state index contributed by atoms with van der Waals surface area (Å²) in [5, 5.41) is 0.822. The molecule has 0 bridgehead atoms. The first-order chi connectivity index (χ1) is 15.7. The van der Waals surface area contributed by atoms with E-state index < -0.39 is 5.63 Å². The minimum Gasteiger partial charge on any atom is -0.489 e. The van der Waals surface area contributed by atoms with Gasteiger partial charge in [0.25, 0.3) is 0 Å². The van der Waals surface area contributed by atoms with Gasteiger partial charge in [0, 0.05) is 48.8 Å². The van der Waals surface area contributed by atoms with Crippen LogP contribution in [0.2, 0.25) is 0 Å². The second kappa shape index (κ2) is 9.02. The van der Waals surface area contributed by atoms with Gasteiger partial charge < -0.3 is 23.0 Å². The molecule has 164 valence electrons. The van der Waals surface area contributed by atoms with Crippen molar-refractivity contribution in [1.82, 2.24) is 0 Å². The average molecular weight is 432 g/mol. The third kappa shape index (κ3) is 4.33. The number of ether oxygens (including phenoxy) is 3. The van der Waals surface area contributed by atoms with E-state index in [-0.39, 0.29) is 12.2 Å². The summed E-state index contributed by atoms with van der Waals surface area (Å²) < 4.78 is 28.0. The molecule has 1 saturated heterocycles. The lowest BCUT2D eigenvalue weighted by Crippen LogP contribution is -2.25. The molecule has 3 heterocycles. The maximum absolute atomic E-state index is 12.1. The predicted octanol–water partition coefficient (Wildman–Crippen LogP) is 5.50. The summed E-state index contributed by atoms with van der Waals surface area (Å²) in [6.45, 7) is 1.10. The second-order valence-corrected chi connectivity index (χ2v) is 7.92. The van der Waals surface area contributed by atoms with Gasteiger partial charge in [-0.2, -0.15) is 0 Å². The zero-order valence-corrected chi connectivity index (χ0v) is 17.8. The van der Waals surface area contributed by atoms with Crippen LogP contribution in [0.4, 0.5) is 0 Å². The molecular weight excluding hydrogens is 408 g/mol. The molecule has 2 atom stereocenters. The van der Waals surface area contributed by atoms with E-state index in [2.05, 4.69) is 12.1 Å². The van der Waals surface area contributed by atoms with Crippen LogP contribution < -0.4 is 10.4 Å². The van der Waals surface area contributed by atoms with Crippen LogP contribution in [0, 0.1) is 0 Å². The van der Waals surface area contributed by atoms with Crippen molar-refractivity contribution in [2.24, 2.45) is 0 Å². The Hall–Kier alpha value is -3.35. The number of rotatable bonds is 6. The third-order valence-electron chi connectivity index (χ3n) is 5.85. The fourth-order valence-corrected chi connectivity index (χ4v) is 4.15. The average Bonchev–Trinajstić information content (AvgIpc) is 3.37. The monoisotopic (exact) mass is 432 g/mol. The van der Waals surface area contributed by atoms with Gasteiger partial charge in [-0.05, 0) is 41.8 Å². The molecule has 4 aromatic rings. The molecule has 32 heavy (non-hydrogen) atoms. The van der Waals surface area contributed by atoms with Gasteiger partial charge in [0.05, 0.1) is 24.7 Å². The quantitative estimate of drug-likeness (QED) is 0.375. The van der Waals surface area contributed by atoms with Crippen LogP contribution in [-0.2, 0) is 16.1 Å². The van der Waals surface area contributed by atoms with Crippen LogP contribution in [0.1, 0.15) is 30.1 Å². The van der Waals surface area contributed by atoms with E-state index in [1.165, 1.54) is 6.07 Å². The van der Waals surface area contributed by atoms with E-state index in [1.54, 1.807) is 25.7 Å². The van der Waals surface area contributed by atoms with E-state index in [0.717, 1.165) is 40.5 Å². The molecule has 2 aromatic heterocycles. The molecule has 2 unspecified atom stereocenters. The summed E-state index contributed by atoms with van der Waals surface area (Å²) in [6.07, 6.45) is 5.23. The van der Waals surface area contributed by atoms with E-state index in [4.69, 9.17) is 23.0 Å². The Bertz CT molecular complexity index is 1260. The highest BCUT2D eigenvalue weighted by Crippen LogP contribution is 2.31. The Morgan fingerprint density at radius 1 is 1.09 bits per heavy atom. The fraction of sp³-hybridized carbons (Fsp3) is 0.269. The first kappa shape index (κ1) is 20.5. The normalized spacial score (nSPS) is 18.7. The van der Waals surface area contributed by atoms with E-state index in [0.29, 0.717) is 24.5 Å². The molecule has 2 aromatic carbocycles. The van der Waals surface area contributed by atoms with Crippen LogP contribution in [0.3, 0.4) is 0 Å². The Morgan fingerprint density at radius 3 is 2.88 bits per heavy atom. The van der Waals surface area contributed by atoms with Crippen LogP contribution in [0.5, 0.6) is 5.75 Å². The Morgan fingerprint density at radius 2 is 2.03 bits per heavy atom. The predicted molar refractivity (Wildman–Crippen MR) is 120 cm³/mol. The largest absolute Gasteiger partial charge is 0.489 e. The van der Waals surface area contributed by atoms with Crippen molar-refractivity contribution in [1.29, 1.82) is 0 Å². The highest BCUT2D eigenvalue weighted by atomic mass is 16.5. The second-order valence-electron chi connectivity index (χ2n) is 7.92. The van der Waals surface area contributed by atoms with Crippen molar-refractivity contribution in [3.8, 4) is 16.9 Å². The third-order valence-corrected chi connectivity index (χ3v) is 5.85. The molecule has 1 aliphatic heterocycles. The van der Waals surface area contributed by atoms with E-state index in [9.17, 15) is 4.79 Å². The smallest absolute Gasteiger partial charge is 0.336 e. The van der Waals surface area contributed by atoms with Crippen molar-refractivity contribution < 1.29 is 23.0 Å². The SMILES string of the molecule is COC1CCOC(c2cccc(COc3ccc4c(-c5ccoc5)cc(=O)oc4c3)c2)C1. The topological polar surface area (TPSA) is 71.0 Å². The van der Waals surface area contributed by atoms with Gasteiger partial charge in [0.2, 0.25) is 0 Å². The minimum absolute atomic E-state index is 0.0323. The molecule has 6 nitrogen and oxygen atoms in total. The number of benzene rings is 2. The standard InChI is InChI=1S/C26H24O6/c1-28-20-8-10-30-24(12-20)18-4-2-3-17(11-18)15-31-21-5-6-22-23(19-7-9-29-16-19)14-26(27)32-25(22)13-21/h2-7,9,11,13-14,16,20,24H,8,10,12,15H2,1H3. The van der Waals surface area contributed by atoms with Crippen LogP contribution in [0.25, 0.3) is 22.1 Å². The number of methoxy groups -OCH3 is 1. The molecule has 0 aliphatic carbocycles.